The van der Waals surface area contributed by atoms with E-state index in [1.54, 1.807) is 31.2 Å². The third kappa shape index (κ3) is 27.1. The highest BCUT2D eigenvalue weighted by atomic mass is 32.2. The summed E-state index contributed by atoms with van der Waals surface area (Å²) in [5, 5.41) is 23.2. The van der Waals surface area contributed by atoms with Gasteiger partial charge in [-0.1, -0.05) is 12.1 Å². The van der Waals surface area contributed by atoms with Crippen molar-refractivity contribution >= 4 is 67.0 Å². The Kier molecular flexibility index (Phi) is 30.3. The summed E-state index contributed by atoms with van der Waals surface area (Å²) in [7, 11) is -3.95. The van der Waals surface area contributed by atoms with E-state index >= 15 is 0 Å². The molecule has 0 fully saturated rings. The molecule has 2 aromatic carbocycles. The molecule has 0 saturated carbocycles. The van der Waals surface area contributed by atoms with E-state index in [-0.39, 0.29) is 96.4 Å². The number of amides is 5. The molecule has 4 aromatic rings. The van der Waals surface area contributed by atoms with Gasteiger partial charge in [0, 0.05) is 82.0 Å². The molecule has 0 saturated heterocycles. The fraction of sp³-hybridized carbons (Fsp3) is 0.540. The molecule has 77 heavy (non-hydrogen) atoms. The van der Waals surface area contributed by atoms with Gasteiger partial charge in [-0.05, 0) is 62.1 Å². The number of carbonyl (C=O) groups is 5. The molecule has 426 valence electrons. The number of benzene rings is 2. The van der Waals surface area contributed by atoms with Crippen molar-refractivity contribution in [1.82, 2.24) is 31.0 Å². The minimum Gasteiger partial charge on any atom is -0.508 e. The van der Waals surface area contributed by atoms with Crippen molar-refractivity contribution in [2.24, 2.45) is 0 Å². The number of fused-ring (bicyclic) bond motifs is 1. The minimum atomic E-state index is -3.95. The Morgan fingerprint density at radius 3 is 1.83 bits per heavy atom. The van der Waals surface area contributed by atoms with Crippen LogP contribution in [0.3, 0.4) is 0 Å². The molecule has 5 amide bonds. The van der Waals surface area contributed by atoms with E-state index in [1.807, 2.05) is 12.1 Å². The lowest BCUT2D eigenvalue weighted by Crippen LogP contribution is -2.32. The Labute approximate surface area is 450 Å². The van der Waals surface area contributed by atoms with Crippen LogP contribution in [0.5, 0.6) is 11.5 Å². The molecule has 7 N–H and O–H groups in total. The molecule has 0 radical (unpaired) electrons. The Hall–Kier alpha value is -6.14. The molecule has 0 unspecified atom stereocenters. The fourth-order valence-corrected chi connectivity index (χ4v) is 8.90. The number of aryl methyl sites for hydroxylation is 1. The summed E-state index contributed by atoms with van der Waals surface area (Å²) in [5.41, 5.74) is 0.218. The summed E-state index contributed by atoms with van der Waals surface area (Å²) in [6, 6.07) is 13.0. The summed E-state index contributed by atoms with van der Waals surface area (Å²) in [6.07, 6.45) is 1.89. The summed E-state index contributed by atoms with van der Waals surface area (Å²) < 4.78 is 76.8. The third-order valence-corrected chi connectivity index (χ3v) is 12.9. The molecule has 0 aliphatic rings. The van der Waals surface area contributed by atoms with Gasteiger partial charge < -0.3 is 74.0 Å². The van der Waals surface area contributed by atoms with Gasteiger partial charge in [0.05, 0.1) is 79.3 Å². The maximum Gasteiger partial charge on any atom is 0.349 e. The van der Waals surface area contributed by atoms with E-state index < -0.39 is 21.6 Å². The lowest BCUT2D eigenvalue weighted by Gasteiger charge is -2.10. The van der Waals surface area contributed by atoms with Crippen molar-refractivity contribution in [2.75, 3.05) is 137 Å². The average Bonchev–Trinajstić information content (AvgIpc) is 3.78. The van der Waals surface area contributed by atoms with Gasteiger partial charge in [-0.3, -0.25) is 24.0 Å². The Balaban J connectivity index is 0.902. The number of carbonyl (C=O) groups excluding carboxylic acids is 5. The number of phenolic OH excluding ortho intramolecular Hbond substituents is 1. The molecular weight excluding hydrogens is 1050 g/mol. The van der Waals surface area contributed by atoms with Gasteiger partial charge in [-0.25, -0.2) is 22.9 Å². The van der Waals surface area contributed by atoms with Gasteiger partial charge >= 0.3 is 5.63 Å². The first-order valence-electron chi connectivity index (χ1n) is 25.1. The van der Waals surface area contributed by atoms with Crippen LogP contribution >= 0.6 is 11.3 Å². The van der Waals surface area contributed by atoms with Gasteiger partial charge in [0.15, 0.2) is 16.8 Å². The van der Waals surface area contributed by atoms with Crippen LogP contribution in [0.15, 0.2) is 62.8 Å². The molecule has 2 aromatic heterocycles. The van der Waals surface area contributed by atoms with Gasteiger partial charge in [0.1, 0.15) is 22.6 Å². The van der Waals surface area contributed by atoms with Crippen LogP contribution in [0, 0.1) is 6.92 Å². The monoisotopic (exact) mass is 1120 g/mol. The molecule has 0 spiro atoms. The van der Waals surface area contributed by atoms with Gasteiger partial charge in [0.25, 0.3) is 21.8 Å². The van der Waals surface area contributed by atoms with Crippen molar-refractivity contribution in [3.63, 3.8) is 0 Å². The van der Waals surface area contributed by atoms with Crippen molar-refractivity contribution in [3.8, 4) is 11.5 Å². The van der Waals surface area contributed by atoms with Crippen molar-refractivity contribution in [3.05, 3.63) is 75.0 Å². The normalized spacial score (nSPS) is 11.4. The number of hydrogen-bond acceptors (Lipinski definition) is 20. The van der Waals surface area contributed by atoms with Crippen LogP contribution in [-0.4, -0.2) is 180 Å². The number of thiazole rings is 1. The second kappa shape index (κ2) is 36.8. The number of phenols is 1. The highest BCUT2D eigenvalue weighted by molar-refractivity contribution is 7.89. The Morgan fingerprint density at radius 2 is 1.19 bits per heavy atom. The zero-order valence-corrected chi connectivity index (χ0v) is 45.1. The van der Waals surface area contributed by atoms with E-state index in [1.165, 1.54) is 19.1 Å². The van der Waals surface area contributed by atoms with E-state index in [0.29, 0.717) is 134 Å². The van der Waals surface area contributed by atoms with Gasteiger partial charge in [-0.15, -0.1) is 11.3 Å². The largest absolute Gasteiger partial charge is 0.508 e. The SMILES string of the molecule is CC(=O)Nc1nc(S(=O)(=O)NCCC(=O)NCCCOCCOCCOCCCNC(=O)c2cc3ccc(OCC(=O)NCCOCCOCCOCCOCCC(=O)NCCc4ccc(O)cc4)cc3oc2=O)c(C)s1. The fourth-order valence-electron chi connectivity index (χ4n) is 6.53. The van der Waals surface area contributed by atoms with Crippen LogP contribution in [0.2, 0.25) is 0 Å². The summed E-state index contributed by atoms with van der Waals surface area (Å²) in [6.45, 7) is 8.58. The smallest absolute Gasteiger partial charge is 0.349 e. The summed E-state index contributed by atoms with van der Waals surface area (Å²) in [5.74, 6) is -1.26. The van der Waals surface area contributed by atoms with E-state index in [0.717, 1.165) is 16.9 Å². The zero-order chi connectivity index (χ0) is 55.5. The molecule has 4 rings (SSSR count). The quantitative estimate of drug-likeness (QED) is 0.0245. The number of sulfonamides is 1. The summed E-state index contributed by atoms with van der Waals surface area (Å²) >= 11 is 1.04. The average molecular weight is 1120 g/mol. The van der Waals surface area contributed by atoms with E-state index in [9.17, 15) is 42.3 Å². The lowest BCUT2D eigenvalue weighted by atomic mass is 10.1. The first-order valence-corrected chi connectivity index (χ1v) is 27.4. The Morgan fingerprint density at radius 1 is 0.636 bits per heavy atom. The van der Waals surface area contributed by atoms with E-state index in [2.05, 4.69) is 36.3 Å². The van der Waals surface area contributed by atoms with Crippen LogP contribution in [-0.2, 0) is 68.8 Å². The highest BCUT2D eigenvalue weighted by Gasteiger charge is 2.22. The first kappa shape index (κ1) is 63.4. The molecule has 0 aliphatic carbocycles. The highest BCUT2D eigenvalue weighted by Crippen LogP contribution is 2.25. The van der Waals surface area contributed by atoms with Crippen LogP contribution in [0.25, 0.3) is 11.0 Å². The lowest BCUT2D eigenvalue weighted by molar-refractivity contribution is -0.123. The molecule has 2 heterocycles. The Bertz CT molecular complexity index is 2600. The predicted octanol–water partition coefficient (Wildman–Crippen LogP) is 1.58. The zero-order valence-electron chi connectivity index (χ0n) is 43.4. The standard InChI is InChI=1S/C50H71N7O18S2/c1-36-48(57-50(76-36)56-37(2)58)77(65,66)55-17-12-44(60)51-14-3-19-67-23-27-71-28-24-68-20-4-15-54-47(63)42-33-39-7-10-41(34-43(39)75-49(42)64)74-35-46(62)53-18-22-70-26-30-73-32-31-72-29-25-69-21-13-45(61)52-16-11-38-5-8-40(59)9-6-38/h5-10,33-34,55,59H,3-4,11-32,35H2,1-2H3,(H,51,60)(H,52,61)(H,53,62)(H,54,63)(H,56,57,58). The maximum absolute atomic E-state index is 12.7. The second-order valence-corrected chi connectivity index (χ2v) is 19.5. The molecule has 0 aliphatic heterocycles. The number of aromatic nitrogens is 1. The van der Waals surface area contributed by atoms with E-state index in [4.69, 9.17) is 42.3 Å². The molecule has 0 bridgehead atoms. The van der Waals surface area contributed by atoms with Crippen LogP contribution in [0.1, 0.15) is 53.4 Å². The molecule has 27 heteroatoms. The van der Waals surface area contributed by atoms with Crippen molar-refractivity contribution in [2.45, 2.75) is 51.0 Å². The van der Waals surface area contributed by atoms with Crippen LogP contribution < -0.4 is 41.7 Å². The number of nitrogens with one attached hydrogen (secondary N) is 6. The molecular formula is C50H71N7O18S2. The minimum absolute atomic E-state index is 0.0689. The van der Waals surface area contributed by atoms with Crippen molar-refractivity contribution in [1.29, 1.82) is 0 Å². The van der Waals surface area contributed by atoms with Crippen LogP contribution in [0.4, 0.5) is 5.13 Å². The second-order valence-electron chi connectivity index (χ2n) is 16.6. The van der Waals surface area contributed by atoms with Gasteiger partial charge in [-0.2, -0.15) is 0 Å². The topological polar surface area (TPSA) is 329 Å². The van der Waals surface area contributed by atoms with Crippen molar-refractivity contribution < 1.29 is 79.8 Å². The maximum atomic E-state index is 12.7. The number of aromatic hydroxyl groups is 1. The molecule has 25 nitrogen and oxygen atoms in total. The molecule has 0 atom stereocenters. The third-order valence-electron chi connectivity index (χ3n) is 10.4. The number of rotatable bonds is 42. The summed E-state index contributed by atoms with van der Waals surface area (Å²) in [4.78, 5) is 77.3. The predicted molar refractivity (Wildman–Crippen MR) is 282 cm³/mol. The number of hydrogen-bond donors (Lipinski definition) is 7. The number of nitrogens with zero attached hydrogens (tertiary/aromatic N) is 1. The first-order chi connectivity index (χ1) is 37.2. The number of ether oxygens (including phenoxy) is 8. The van der Waals surface area contributed by atoms with Gasteiger partial charge in [0.2, 0.25) is 17.7 Å². The number of anilines is 1.